The van der Waals surface area contributed by atoms with E-state index in [0.29, 0.717) is 17.3 Å². The van der Waals surface area contributed by atoms with Gasteiger partial charge in [-0.15, -0.1) is 0 Å². The minimum Gasteiger partial charge on any atom is -0.368 e. The van der Waals surface area contributed by atoms with E-state index in [1.807, 2.05) is 0 Å². The van der Waals surface area contributed by atoms with E-state index in [0.717, 1.165) is 25.6 Å². The van der Waals surface area contributed by atoms with E-state index >= 15 is 0 Å². The highest BCUT2D eigenvalue weighted by molar-refractivity contribution is 5.42. The molecular weight excluding hydrogens is 252 g/mol. The van der Waals surface area contributed by atoms with Crippen LogP contribution in [0.25, 0.3) is 0 Å². The molecule has 0 atom stereocenters. The number of rotatable bonds is 6. The van der Waals surface area contributed by atoms with Crippen molar-refractivity contribution in [1.82, 2.24) is 15.0 Å². The third-order valence-electron chi connectivity index (χ3n) is 4.39. The smallest absolute Gasteiger partial charge is 0.231 e. The fraction of sp³-hybridized carbons (Fsp3) is 0.786. The average Bonchev–Trinajstić information content (AvgIpc) is 2.99. The molecule has 6 heteroatoms. The minimum absolute atomic E-state index is 0.310. The lowest BCUT2D eigenvalue weighted by Crippen LogP contribution is -2.23. The predicted octanol–water partition coefficient (Wildman–Crippen LogP) is 2.05. The van der Waals surface area contributed by atoms with Crippen molar-refractivity contribution in [2.45, 2.75) is 45.4 Å². The van der Waals surface area contributed by atoms with Crippen molar-refractivity contribution >= 4 is 17.8 Å². The zero-order chi connectivity index (χ0) is 14.0. The second-order valence-corrected chi connectivity index (χ2v) is 6.11. The lowest BCUT2D eigenvalue weighted by Gasteiger charge is -2.18. The van der Waals surface area contributed by atoms with Crippen LogP contribution in [0.15, 0.2) is 0 Å². The van der Waals surface area contributed by atoms with Crippen molar-refractivity contribution < 1.29 is 0 Å². The molecule has 1 saturated heterocycles. The summed E-state index contributed by atoms with van der Waals surface area (Å²) in [7, 11) is 0. The van der Waals surface area contributed by atoms with E-state index in [1.54, 1.807) is 0 Å². The van der Waals surface area contributed by atoms with Gasteiger partial charge in [0.15, 0.2) is 0 Å². The van der Waals surface area contributed by atoms with Crippen LogP contribution in [-0.2, 0) is 0 Å². The molecule has 2 heterocycles. The van der Waals surface area contributed by atoms with Crippen molar-refractivity contribution in [3.05, 3.63) is 0 Å². The number of nitrogens with two attached hydrogens (primary N) is 1. The van der Waals surface area contributed by atoms with Crippen LogP contribution in [0, 0.1) is 5.41 Å². The zero-order valence-electron chi connectivity index (χ0n) is 12.2. The first-order valence-electron chi connectivity index (χ1n) is 7.71. The highest BCUT2D eigenvalue weighted by Gasteiger charge is 2.41. The molecule has 0 spiro atoms. The van der Waals surface area contributed by atoms with Crippen molar-refractivity contribution in [2.75, 3.05) is 35.6 Å². The maximum atomic E-state index is 5.81. The summed E-state index contributed by atoms with van der Waals surface area (Å²) in [6.07, 6.45) is 7.54. The zero-order valence-corrected chi connectivity index (χ0v) is 12.2. The van der Waals surface area contributed by atoms with Crippen LogP contribution in [-0.4, -0.2) is 34.6 Å². The number of hydrogen-bond donors (Lipinski definition) is 2. The first-order valence-corrected chi connectivity index (χ1v) is 7.71. The van der Waals surface area contributed by atoms with Crippen molar-refractivity contribution in [3.63, 3.8) is 0 Å². The van der Waals surface area contributed by atoms with Crippen LogP contribution < -0.4 is 16.0 Å². The van der Waals surface area contributed by atoms with Crippen LogP contribution in [0.2, 0.25) is 0 Å². The van der Waals surface area contributed by atoms with E-state index in [4.69, 9.17) is 5.73 Å². The van der Waals surface area contributed by atoms with Crippen LogP contribution in [0.4, 0.5) is 17.8 Å². The Morgan fingerprint density at radius 2 is 1.95 bits per heavy atom. The van der Waals surface area contributed by atoms with Gasteiger partial charge >= 0.3 is 0 Å². The maximum Gasteiger partial charge on any atom is 0.231 e. The molecule has 1 aromatic heterocycles. The van der Waals surface area contributed by atoms with Crippen molar-refractivity contribution in [3.8, 4) is 0 Å². The van der Waals surface area contributed by atoms with Gasteiger partial charge in [0.05, 0.1) is 0 Å². The van der Waals surface area contributed by atoms with Crippen molar-refractivity contribution in [1.29, 1.82) is 0 Å². The molecule has 20 heavy (non-hydrogen) atoms. The third-order valence-corrected chi connectivity index (χ3v) is 4.39. The second kappa shape index (κ2) is 5.42. The molecule has 1 aliphatic heterocycles. The average molecular weight is 276 g/mol. The number of nitrogens with one attached hydrogen (secondary N) is 1. The number of anilines is 3. The van der Waals surface area contributed by atoms with Gasteiger partial charge in [0, 0.05) is 19.6 Å². The van der Waals surface area contributed by atoms with Gasteiger partial charge < -0.3 is 16.0 Å². The van der Waals surface area contributed by atoms with Crippen LogP contribution in [0.1, 0.15) is 45.4 Å². The third kappa shape index (κ3) is 2.94. The molecule has 3 N–H and O–H groups in total. The van der Waals surface area contributed by atoms with Gasteiger partial charge in [-0.3, -0.25) is 0 Å². The summed E-state index contributed by atoms with van der Waals surface area (Å²) >= 11 is 0. The molecule has 110 valence electrons. The summed E-state index contributed by atoms with van der Waals surface area (Å²) in [5.74, 6) is 1.66. The Balaban J connectivity index is 1.66. The summed E-state index contributed by atoms with van der Waals surface area (Å²) in [6, 6.07) is 0. The standard InChI is InChI=1S/C14H24N6/c1-2-5-14(6-7-14)10-16-12-17-11(15)18-13(19-12)20-8-3-4-9-20/h2-10H2,1H3,(H3,15,16,17,18,19). The van der Waals surface area contributed by atoms with Gasteiger partial charge in [0.2, 0.25) is 17.8 Å². The predicted molar refractivity (Wildman–Crippen MR) is 80.8 cm³/mol. The summed E-state index contributed by atoms with van der Waals surface area (Å²) in [5.41, 5.74) is 6.29. The molecule has 6 nitrogen and oxygen atoms in total. The van der Waals surface area contributed by atoms with Crippen LogP contribution in [0.5, 0.6) is 0 Å². The molecule has 0 aromatic carbocycles. The molecule has 1 saturated carbocycles. The molecule has 0 radical (unpaired) electrons. The fourth-order valence-corrected chi connectivity index (χ4v) is 3.01. The van der Waals surface area contributed by atoms with E-state index in [1.165, 1.54) is 38.5 Å². The monoisotopic (exact) mass is 276 g/mol. The van der Waals surface area contributed by atoms with E-state index in [2.05, 4.69) is 32.1 Å². The first kappa shape index (κ1) is 13.4. The molecule has 0 amide bonds. The van der Waals surface area contributed by atoms with Gasteiger partial charge in [-0.05, 0) is 37.5 Å². The summed E-state index contributed by atoms with van der Waals surface area (Å²) in [5, 5.41) is 3.37. The molecule has 1 aliphatic carbocycles. The van der Waals surface area contributed by atoms with Gasteiger partial charge in [0.25, 0.3) is 0 Å². The van der Waals surface area contributed by atoms with E-state index < -0.39 is 0 Å². The summed E-state index contributed by atoms with van der Waals surface area (Å²) < 4.78 is 0. The molecule has 0 unspecified atom stereocenters. The Morgan fingerprint density at radius 1 is 1.20 bits per heavy atom. The molecule has 2 fully saturated rings. The SMILES string of the molecule is CCCC1(CNc2nc(N)nc(N3CCCC3)n2)CC1. The van der Waals surface area contributed by atoms with Gasteiger partial charge in [-0.25, -0.2) is 0 Å². The normalized spacial score (nSPS) is 20.1. The Kier molecular flexibility index (Phi) is 3.63. The highest BCUT2D eigenvalue weighted by Crippen LogP contribution is 2.49. The molecular formula is C14H24N6. The quantitative estimate of drug-likeness (QED) is 0.827. The number of nitrogens with zero attached hydrogens (tertiary/aromatic N) is 4. The van der Waals surface area contributed by atoms with Crippen LogP contribution in [0.3, 0.4) is 0 Å². The Morgan fingerprint density at radius 3 is 2.60 bits per heavy atom. The highest BCUT2D eigenvalue weighted by atomic mass is 15.3. The van der Waals surface area contributed by atoms with Gasteiger partial charge in [-0.1, -0.05) is 13.3 Å². The van der Waals surface area contributed by atoms with Crippen molar-refractivity contribution in [2.24, 2.45) is 5.41 Å². The molecule has 2 aliphatic rings. The molecule has 1 aromatic rings. The summed E-state index contributed by atoms with van der Waals surface area (Å²) in [6.45, 7) is 5.22. The van der Waals surface area contributed by atoms with Gasteiger partial charge in [-0.2, -0.15) is 15.0 Å². The Bertz CT molecular complexity index is 465. The number of nitrogen functional groups attached to an aromatic ring is 1. The lowest BCUT2D eigenvalue weighted by atomic mass is 10.0. The number of hydrogen-bond acceptors (Lipinski definition) is 6. The Hall–Kier alpha value is -1.59. The molecule has 0 bridgehead atoms. The minimum atomic E-state index is 0.310. The Labute approximate surface area is 120 Å². The number of aromatic nitrogens is 3. The summed E-state index contributed by atoms with van der Waals surface area (Å²) in [4.78, 5) is 15.2. The van der Waals surface area contributed by atoms with E-state index in [-0.39, 0.29) is 0 Å². The van der Waals surface area contributed by atoms with E-state index in [9.17, 15) is 0 Å². The second-order valence-electron chi connectivity index (χ2n) is 6.11. The maximum absolute atomic E-state index is 5.81. The van der Waals surface area contributed by atoms with Crippen LogP contribution >= 0.6 is 0 Å². The topological polar surface area (TPSA) is 80.0 Å². The molecule has 3 rings (SSSR count). The lowest BCUT2D eigenvalue weighted by molar-refractivity contribution is 0.484. The largest absolute Gasteiger partial charge is 0.368 e. The van der Waals surface area contributed by atoms with Gasteiger partial charge in [0.1, 0.15) is 0 Å². The first-order chi connectivity index (χ1) is 9.71. The fourth-order valence-electron chi connectivity index (χ4n) is 3.01.